The second kappa shape index (κ2) is 6.37. The fraction of sp³-hybridized carbons (Fsp3) is 1.00. The van der Waals surface area contributed by atoms with Gasteiger partial charge in [0.05, 0.1) is 12.2 Å². The molecular weight excluding hydrogens is 204 g/mol. The predicted molar refractivity (Wildman–Crippen MR) is 52.0 cm³/mol. The molecule has 0 saturated carbocycles. The Bertz CT molecular complexity index is 174. The van der Waals surface area contributed by atoms with Gasteiger partial charge < -0.3 is 30.6 Å². The molecule has 0 amide bonds. The van der Waals surface area contributed by atoms with Gasteiger partial charge in [-0.2, -0.15) is 0 Å². The summed E-state index contributed by atoms with van der Waals surface area (Å²) in [6.07, 6.45) is -8.75. The molecule has 0 aromatic rings. The summed E-state index contributed by atoms with van der Waals surface area (Å²) in [5, 5.41) is 55.4. The van der Waals surface area contributed by atoms with Crippen molar-refractivity contribution in [2.45, 2.75) is 56.9 Å². The summed E-state index contributed by atoms with van der Waals surface area (Å²) >= 11 is 0. The van der Waals surface area contributed by atoms with Gasteiger partial charge in [0.1, 0.15) is 24.4 Å². The smallest absolute Gasteiger partial charge is 0.111 e. The molecule has 6 N–H and O–H groups in total. The van der Waals surface area contributed by atoms with Crippen LogP contribution in [0.2, 0.25) is 0 Å². The largest absolute Gasteiger partial charge is 0.391 e. The van der Waals surface area contributed by atoms with Crippen molar-refractivity contribution in [1.29, 1.82) is 0 Å². The first-order chi connectivity index (χ1) is 6.82. The summed E-state index contributed by atoms with van der Waals surface area (Å²) in [4.78, 5) is 0. The Morgan fingerprint density at radius 2 is 1.13 bits per heavy atom. The van der Waals surface area contributed by atoms with Gasteiger partial charge in [0, 0.05) is 0 Å². The highest BCUT2D eigenvalue weighted by molar-refractivity contribution is 4.86. The van der Waals surface area contributed by atoms with Gasteiger partial charge in [0.15, 0.2) is 0 Å². The molecule has 0 saturated heterocycles. The average molecular weight is 224 g/mol. The lowest BCUT2D eigenvalue weighted by Crippen LogP contribution is -2.51. The lowest BCUT2D eigenvalue weighted by molar-refractivity contribution is -0.151. The van der Waals surface area contributed by atoms with Gasteiger partial charge in [-0.05, 0) is 13.3 Å². The van der Waals surface area contributed by atoms with Crippen molar-refractivity contribution in [3.05, 3.63) is 0 Å². The SMILES string of the molecule is CCC(O)C(O)C(O)C(O)C(O)C(C)O. The van der Waals surface area contributed by atoms with Crippen LogP contribution in [0.1, 0.15) is 20.3 Å². The third kappa shape index (κ3) is 4.02. The highest BCUT2D eigenvalue weighted by Gasteiger charge is 2.35. The van der Waals surface area contributed by atoms with Crippen LogP contribution in [-0.4, -0.2) is 67.3 Å². The zero-order chi connectivity index (χ0) is 12.2. The number of aliphatic hydroxyl groups is 6. The predicted octanol–water partition coefficient (Wildman–Crippen LogP) is -2.42. The van der Waals surface area contributed by atoms with Crippen LogP contribution in [-0.2, 0) is 0 Å². The normalized spacial score (nSPS) is 24.0. The molecule has 0 radical (unpaired) electrons. The van der Waals surface area contributed by atoms with Gasteiger partial charge in [-0.3, -0.25) is 0 Å². The van der Waals surface area contributed by atoms with E-state index in [-0.39, 0.29) is 6.42 Å². The van der Waals surface area contributed by atoms with Crippen molar-refractivity contribution in [1.82, 2.24) is 0 Å². The monoisotopic (exact) mass is 224 g/mol. The molecule has 0 fully saturated rings. The van der Waals surface area contributed by atoms with Crippen LogP contribution in [0.3, 0.4) is 0 Å². The van der Waals surface area contributed by atoms with Crippen molar-refractivity contribution < 1.29 is 30.6 Å². The molecule has 0 rings (SSSR count). The topological polar surface area (TPSA) is 121 Å². The van der Waals surface area contributed by atoms with E-state index in [1.54, 1.807) is 6.92 Å². The van der Waals surface area contributed by atoms with E-state index in [0.29, 0.717) is 0 Å². The molecule has 0 spiro atoms. The highest BCUT2D eigenvalue weighted by Crippen LogP contribution is 2.12. The fourth-order valence-corrected chi connectivity index (χ4v) is 1.16. The fourth-order valence-electron chi connectivity index (χ4n) is 1.16. The summed E-state index contributed by atoms with van der Waals surface area (Å²) in [6.45, 7) is 2.83. The maximum atomic E-state index is 9.38. The first kappa shape index (κ1) is 14.8. The van der Waals surface area contributed by atoms with E-state index in [2.05, 4.69) is 0 Å². The Balaban J connectivity index is 4.36. The molecule has 6 unspecified atom stereocenters. The van der Waals surface area contributed by atoms with Gasteiger partial charge in [-0.15, -0.1) is 0 Å². The van der Waals surface area contributed by atoms with Crippen LogP contribution in [0.25, 0.3) is 0 Å². The molecule has 0 aliphatic heterocycles. The van der Waals surface area contributed by atoms with E-state index in [9.17, 15) is 25.5 Å². The van der Waals surface area contributed by atoms with E-state index in [1.807, 2.05) is 0 Å². The molecule has 0 aliphatic carbocycles. The van der Waals surface area contributed by atoms with Gasteiger partial charge in [0.25, 0.3) is 0 Å². The summed E-state index contributed by atoms with van der Waals surface area (Å²) < 4.78 is 0. The molecule has 0 heterocycles. The molecule has 6 nitrogen and oxygen atoms in total. The molecule has 15 heavy (non-hydrogen) atoms. The van der Waals surface area contributed by atoms with Crippen molar-refractivity contribution in [3.63, 3.8) is 0 Å². The molecule has 0 bridgehead atoms. The molecule has 92 valence electrons. The molecule has 6 heteroatoms. The molecule has 6 atom stereocenters. The maximum absolute atomic E-state index is 9.38. The highest BCUT2D eigenvalue weighted by atomic mass is 16.4. The zero-order valence-corrected chi connectivity index (χ0v) is 8.85. The van der Waals surface area contributed by atoms with Crippen LogP contribution in [0, 0.1) is 0 Å². The van der Waals surface area contributed by atoms with E-state index in [1.165, 1.54) is 6.92 Å². The molecule has 0 aliphatic rings. The van der Waals surface area contributed by atoms with E-state index in [4.69, 9.17) is 5.11 Å². The summed E-state index contributed by atoms with van der Waals surface area (Å²) in [5.74, 6) is 0. The zero-order valence-electron chi connectivity index (χ0n) is 8.85. The van der Waals surface area contributed by atoms with Crippen LogP contribution in [0.15, 0.2) is 0 Å². The summed E-state index contributed by atoms with van der Waals surface area (Å²) in [7, 11) is 0. The van der Waals surface area contributed by atoms with E-state index >= 15 is 0 Å². The molecule has 0 aromatic heterocycles. The Morgan fingerprint density at radius 3 is 1.47 bits per heavy atom. The lowest BCUT2D eigenvalue weighted by Gasteiger charge is -2.29. The van der Waals surface area contributed by atoms with Gasteiger partial charge in [-0.25, -0.2) is 0 Å². The first-order valence-corrected chi connectivity index (χ1v) is 4.91. The van der Waals surface area contributed by atoms with Gasteiger partial charge in [0.2, 0.25) is 0 Å². The quantitative estimate of drug-likeness (QED) is 0.299. The molecule has 0 aromatic carbocycles. The average Bonchev–Trinajstić information content (AvgIpc) is 2.23. The Morgan fingerprint density at radius 1 is 0.733 bits per heavy atom. The van der Waals surface area contributed by atoms with E-state index < -0.39 is 36.6 Å². The standard InChI is InChI=1S/C9H20O6/c1-3-5(11)7(13)9(15)8(14)6(12)4(2)10/h4-15H,3H2,1-2H3. The Labute approximate surface area is 88.4 Å². The second-order valence-electron chi connectivity index (χ2n) is 3.68. The van der Waals surface area contributed by atoms with Crippen LogP contribution < -0.4 is 0 Å². The summed E-state index contributed by atoms with van der Waals surface area (Å²) in [5.41, 5.74) is 0. The maximum Gasteiger partial charge on any atom is 0.111 e. The van der Waals surface area contributed by atoms with Gasteiger partial charge in [-0.1, -0.05) is 6.92 Å². The number of hydrogen-bond acceptors (Lipinski definition) is 6. The first-order valence-electron chi connectivity index (χ1n) is 4.91. The number of aliphatic hydroxyl groups excluding tert-OH is 6. The minimum atomic E-state index is -1.71. The van der Waals surface area contributed by atoms with Crippen LogP contribution >= 0.6 is 0 Å². The van der Waals surface area contributed by atoms with Crippen molar-refractivity contribution >= 4 is 0 Å². The van der Waals surface area contributed by atoms with Crippen molar-refractivity contribution in [2.24, 2.45) is 0 Å². The minimum Gasteiger partial charge on any atom is -0.391 e. The lowest BCUT2D eigenvalue weighted by atomic mass is 9.96. The molecular formula is C9H20O6. The van der Waals surface area contributed by atoms with Crippen molar-refractivity contribution in [3.8, 4) is 0 Å². The third-order valence-corrected chi connectivity index (χ3v) is 2.36. The van der Waals surface area contributed by atoms with E-state index in [0.717, 1.165) is 0 Å². The Kier molecular flexibility index (Phi) is 6.26. The Hall–Kier alpha value is -0.240. The second-order valence-corrected chi connectivity index (χ2v) is 3.68. The summed E-state index contributed by atoms with van der Waals surface area (Å²) in [6, 6.07) is 0. The van der Waals surface area contributed by atoms with Crippen molar-refractivity contribution in [2.75, 3.05) is 0 Å². The van der Waals surface area contributed by atoms with Crippen LogP contribution in [0.5, 0.6) is 0 Å². The van der Waals surface area contributed by atoms with Crippen LogP contribution in [0.4, 0.5) is 0 Å². The third-order valence-electron chi connectivity index (χ3n) is 2.36. The number of rotatable bonds is 6. The van der Waals surface area contributed by atoms with Gasteiger partial charge >= 0.3 is 0 Å². The number of hydrogen-bond donors (Lipinski definition) is 6. The minimum absolute atomic E-state index is 0.204.